The van der Waals surface area contributed by atoms with Crippen molar-refractivity contribution in [3.05, 3.63) is 94.5 Å². The van der Waals surface area contributed by atoms with Crippen LogP contribution in [0.25, 0.3) is 0 Å². The highest BCUT2D eigenvalue weighted by atomic mass is 35.5. The van der Waals surface area contributed by atoms with Gasteiger partial charge in [-0.1, -0.05) is 77.5 Å². The number of halogens is 1. The van der Waals surface area contributed by atoms with Gasteiger partial charge in [0, 0.05) is 12.8 Å². The fraction of sp³-hybridized carbons (Fsp3) is 0.214. The van der Waals surface area contributed by atoms with E-state index in [4.69, 9.17) is 21.4 Å². The Morgan fingerprint density at radius 2 is 1.84 bits per heavy atom. The number of aliphatic imine (C=N–C) groups is 1. The minimum absolute atomic E-state index is 0.0166. The minimum Gasteiger partial charge on any atom is -0.497 e. The van der Waals surface area contributed by atoms with E-state index < -0.39 is 5.25 Å². The third-order valence-corrected chi connectivity index (χ3v) is 7.71. The van der Waals surface area contributed by atoms with Gasteiger partial charge < -0.3 is 10.1 Å². The molecule has 2 aliphatic rings. The highest BCUT2D eigenvalue weighted by molar-refractivity contribution is 8.15. The monoisotopic (exact) mass is 532 g/mol. The van der Waals surface area contributed by atoms with Crippen molar-refractivity contribution in [2.24, 2.45) is 10.1 Å². The van der Waals surface area contributed by atoms with Crippen molar-refractivity contribution < 1.29 is 14.3 Å². The quantitative estimate of drug-likeness (QED) is 0.431. The predicted octanol–water partition coefficient (Wildman–Crippen LogP) is 5.83. The molecule has 0 spiro atoms. The lowest BCUT2D eigenvalue weighted by atomic mass is 9.98. The lowest BCUT2D eigenvalue weighted by Crippen LogP contribution is -2.25. The average molecular weight is 533 g/mol. The number of amides is 2. The number of hydrazone groups is 1. The number of nitrogens with one attached hydrogen (secondary N) is 1. The number of hydrogen-bond acceptors (Lipinski definition) is 6. The van der Waals surface area contributed by atoms with Crippen molar-refractivity contribution in [3.63, 3.8) is 0 Å². The van der Waals surface area contributed by atoms with Gasteiger partial charge in [-0.05, 0) is 42.3 Å². The fourth-order valence-electron chi connectivity index (χ4n) is 4.23. The van der Waals surface area contributed by atoms with E-state index in [1.807, 2.05) is 36.2 Å². The van der Waals surface area contributed by atoms with Gasteiger partial charge in [0.25, 0.3) is 5.91 Å². The molecule has 0 saturated carbocycles. The Morgan fingerprint density at radius 3 is 2.54 bits per heavy atom. The Hall–Kier alpha value is -3.62. The molecular weight excluding hydrogens is 508 g/mol. The lowest BCUT2D eigenvalue weighted by molar-refractivity contribution is -0.121. The van der Waals surface area contributed by atoms with E-state index in [0.717, 1.165) is 22.6 Å². The zero-order chi connectivity index (χ0) is 25.9. The Kier molecular flexibility index (Phi) is 7.30. The number of methoxy groups -OCH3 is 1. The maximum atomic E-state index is 12.8. The Bertz CT molecular complexity index is 1390. The van der Waals surface area contributed by atoms with Crippen LogP contribution in [0.1, 0.15) is 35.6 Å². The third-order valence-electron chi connectivity index (χ3n) is 6.24. The van der Waals surface area contributed by atoms with Crippen LogP contribution in [0.4, 0.5) is 5.69 Å². The molecule has 3 aromatic rings. The Morgan fingerprint density at radius 1 is 1.11 bits per heavy atom. The summed E-state index contributed by atoms with van der Waals surface area (Å²) in [6.07, 6.45) is 0.637. The van der Waals surface area contributed by atoms with Crippen molar-refractivity contribution >= 4 is 51.7 Å². The number of nitrogens with zero attached hydrogens (tertiary/aromatic N) is 3. The van der Waals surface area contributed by atoms with Crippen LogP contribution >= 0.6 is 23.4 Å². The van der Waals surface area contributed by atoms with E-state index in [9.17, 15) is 9.59 Å². The van der Waals surface area contributed by atoms with Crippen molar-refractivity contribution in [1.82, 2.24) is 5.01 Å². The van der Waals surface area contributed by atoms with E-state index in [2.05, 4.69) is 34.6 Å². The summed E-state index contributed by atoms with van der Waals surface area (Å²) in [6.45, 7) is 2.05. The smallest absolute Gasteiger partial charge is 0.262 e. The molecule has 0 aromatic heterocycles. The molecule has 1 N–H and O–H groups in total. The Balaban J connectivity index is 1.36. The number of carbonyl (C=O) groups excluding carboxylic acids is 2. The fourth-order valence-corrected chi connectivity index (χ4v) is 5.47. The van der Waals surface area contributed by atoms with Crippen LogP contribution in [0, 0.1) is 6.92 Å². The van der Waals surface area contributed by atoms with E-state index in [0.29, 0.717) is 22.3 Å². The highest BCUT2D eigenvalue weighted by Crippen LogP contribution is 2.39. The zero-order valence-electron chi connectivity index (χ0n) is 20.3. The molecule has 37 heavy (non-hydrogen) atoms. The normalized spacial score (nSPS) is 19.0. The molecule has 0 saturated heterocycles. The second-order valence-corrected chi connectivity index (χ2v) is 10.4. The molecule has 2 aliphatic heterocycles. The summed E-state index contributed by atoms with van der Waals surface area (Å²) in [7, 11) is 1.63. The highest BCUT2D eigenvalue weighted by Gasteiger charge is 2.39. The summed E-state index contributed by atoms with van der Waals surface area (Å²) in [5, 5.41) is 9.78. The first-order valence-electron chi connectivity index (χ1n) is 11.8. The first kappa shape index (κ1) is 25.0. The van der Waals surface area contributed by atoms with Gasteiger partial charge in [0.2, 0.25) is 5.91 Å². The van der Waals surface area contributed by atoms with Gasteiger partial charge in [-0.15, -0.1) is 0 Å². The average Bonchev–Trinajstić information content (AvgIpc) is 3.50. The molecule has 2 amide bonds. The van der Waals surface area contributed by atoms with E-state index in [-0.39, 0.29) is 24.3 Å². The molecule has 2 atom stereocenters. The summed E-state index contributed by atoms with van der Waals surface area (Å²) in [5.74, 6) is 0.120. The summed E-state index contributed by atoms with van der Waals surface area (Å²) in [6, 6.07) is 22.9. The molecule has 0 fully saturated rings. The molecule has 9 heteroatoms. The number of ether oxygens (including phenoxy) is 1. The molecule has 3 aromatic carbocycles. The maximum absolute atomic E-state index is 12.8. The van der Waals surface area contributed by atoms with Crippen LogP contribution in [0.5, 0.6) is 5.75 Å². The van der Waals surface area contributed by atoms with E-state index in [1.165, 1.54) is 17.3 Å². The van der Waals surface area contributed by atoms with Crippen LogP contribution in [0.3, 0.4) is 0 Å². The second kappa shape index (κ2) is 10.8. The third kappa shape index (κ3) is 5.55. The lowest BCUT2D eigenvalue weighted by Gasteiger charge is -2.23. The predicted molar refractivity (Wildman–Crippen MR) is 148 cm³/mol. The molecule has 2 heterocycles. The number of carbonyl (C=O) groups is 2. The van der Waals surface area contributed by atoms with E-state index in [1.54, 1.807) is 31.4 Å². The number of rotatable bonds is 6. The molecule has 0 aliphatic carbocycles. The van der Waals surface area contributed by atoms with Crippen molar-refractivity contribution in [1.29, 1.82) is 0 Å². The Labute approximate surface area is 224 Å². The number of thioether (sulfide) groups is 1. The second-order valence-electron chi connectivity index (χ2n) is 8.82. The van der Waals surface area contributed by atoms with Gasteiger partial charge in [-0.3, -0.25) is 9.59 Å². The van der Waals surface area contributed by atoms with Gasteiger partial charge in [0.05, 0.1) is 29.6 Å². The number of hydrogen-bond donors (Lipinski definition) is 1. The number of anilines is 1. The molecule has 5 rings (SSSR count). The van der Waals surface area contributed by atoms with E-state index >= 15 is 0 Å². The van der Waals surface area contributed by atoms with Gasteiger partial charge in [-0.25, -0.2) is 5.01 Å². The number of benzene rings is 3. The minimum atomic E-state index is -0.632. The van der Waals surface area contributed by atoms with Crippen LogP contribution in [-0.2, 0) is 9.59 Å². The topological polar surface area (TPSA) is 83.4 Å². The number of amidine groups is 1. The SMILES string of the molecule is COc1ccc([C@@H]2CC(c3ccc(C)cc3)=NN2C2=NC(=O)[C@@H](CC(=O)Nc3ccccc3Cl)S2)cc1. The summed E-state index contributed by atoms with van der Waals surface area (Å²) in [5.41, 5.74) is 4.65. The zero-order valence-corrected chi connectivity index (χ0v) is 21.9. The largest absolute Gasteiger partial charge is 0.497 e. The molecule has 0 radical (unpaired) electrons. The maximum Gasteiger partial charge on any atom is 0.262 e. The van der Waals surface area contributed by atoms with Gasteiger partial charge in [0.1, 0.15) is 11.0 Å². The van der Waals surface area contributed by atoms with Crippen molar-refractivity contribution in [2.75, 3.05) is 12.4 Å². The summed E-state index contributed by atoms with van der Waals surface area (Å²) < 4.78 is 5.31. The number of para-hydroxylation sites is 1. The standard InChI is InChI=1S/C28H25ClN4O3S/c1-17-7-9-18(10-8-17)23-15-24(19-11-13-20(36-2)14-12-19)33(32-23)28-31-27(35)25(37-28)16-26(34)30-22-6-4-3-5-21(22)29/h3-14,24-25H,15-16H2,1-2H3,(H,30,34)/t24-,25+/m0/s1. The van der Waals surface area contributed by atoms with Crippen LogP contribution in [0.15, 0.2) is 82.9 Å². The van der Waals surface area contributed by atoms with Crippen LogP contribution in [0.2, 0.25) is 5.02 Å². The molecule has 0 unspecified atom stereocenters. The first-order chi connectivity index (χ1) is 17.9. The van der Waals surface area contributed by atoms with Gasteiger partial charge >= 0.3 is 0 Å². The van der Waals surface area contributed by atoms with Crippen molar-refractivity contribution in [2.45, 2.75) is 31.1 Å². The molecule has 188 valence electrons. The molecule has 0 bridgehead atoms. The molecular formula is C28H25ClN4O3S. The van der Waals surface area contributed by atoms with Gasteiger partial charge in [0.15, 0.2) is 5.17 Å². The van der Waals surface area contributed by atoms with Gasteiger partial charge in [-0.2, -0.15) is 10.1 Å². The first-order valence-corrected chi connectivity index (χ1v) is 13.1. The molecule has 7 nitrogen and oxygen atoms in total. The number of aryl methyl sites for hydroxylation is 1. The summed E-state index contributed by atoms with van der Waals surface area (Å²) >= 11 is 7.42. The van der Waals surface area contributed by atoms with Crippen LogP contribution in [-0.4, -0.2) is 40.1 Å². The van der Waals surface area contributed by atoms with Crippen molar-refractivity contribution in [3.8, 4) is 5.75 Å². The summed E-state index contributed by atoms with van der Waals surface area (Å²) in [4.78, 5) is 29.8. The van der Waals surface area contributed by atoms with Crippen LogP contribution < -0.4 is 10.1 Å².